The first kappa shape index (κ1) is 13.6. The van der Waals surface area contributed by atoms with E-state index in [2.05, 4.69) is 6.92 Å². The second-order valence-corrected chi connectivity index (χ2v) is 4.99. The number of unbranched alkanes of at least 4 members (excludes halogenated alkanes) is 1. The Labute approximate surface area is 114 Å². The van der Waals surface area contributed by atoms with Crippen molar-refractivity contribution >= 4 is 11.8 Å². The van der Waals surface area contributed by atoms with Gasteiger partial charge in [-0.1, -0.05) is 31.5 Å². The minimum absolute atomic E-state index is 0.00889. The molecule has 4 nitrogen and oxygen atoms in total. The number of carbonyl (C=O) groups excluding carboxylic acids is 2. The van der Waals surface area contributed by atoms with E-state index in [-0.39, 0.29) is 18.4 Å². The first-order valence-electron chi connectivity index (χ1n) is 6.74. The Bertz CT molecular complexity index is 485. The van der Waals surface area contributed by atoms with Crippen LogP contribution < -0.4 is 0 Å². The van der Waals surface area contributed by atoms with Crippen molar-refractivity contribution in [2.24, 2.45) is 0 Å². The molecule has 1 aliphatic rings. The number of amides is 2. The van der Waals surface area contributed by atoms with Gasteiger partial charge in [-0.15, -0.1) is 0 Å². The van der Waals surface area contributed by atoms with Gasteiger partial charge in [0.1, 0.15) is 6.54 Å². The Kier molecular flexibility index (Phi) is 4.20. The third kappa shape index (κ3) is 2.95. The Morgan fingerprint density at radius 2 is 2.11 bits per heavy atom. The molecule has 0 saturated carbocycles. The first-order chi connectivity index (χ1) is 9.13. The first-order valence-corrected chi connectivity index (χ1v) is 6.74. The molecule has 0 atom stereocenters. The molecule has 0 N–H and O–H groups in total. The predicted molar refractivity (Wildman–Crippen MR) is 73.7 cm³/mol. The van der Waals surface area contributed by atoms with Crippen molar-refractivity contribution in [1.29, 1.82) is 0 Å². The van der Waals surface area contributed by atoms with Crippen LogP contribution in [0, 0.1) is 0 Å². The summed E-state index contributed by atoms with van der Waals surface area (Å²) >= 11 is 0. The van der Waals surface area contributed by atoms with Crippen LogP contribution in [0.2, 0.25) is 0 Å². The van der Waals surface area contributed by atoms with Gasteiger partial charge in [0.25, 0.3) is 5.91 Å². The van der Waals surface area contributed by atoms with Gasteiger partial charge >= 0.3 is 0 Å². The fraction of sp³-hybridized carbons (Fsp3) is 0.467. The van der Waals surface area contributed by atoms with E-state index in [4.69, 9.17) is 0 Å². The van der Waals surface area contributed by atoms with Crippen molar-refractivity contribution < 1.29 is 9.59 Å². The van der Waals surface area contributed by atoms with Crippen LogP contribution in [0.15, 0.2) is 24.3 Å². The number of benzene rings is 1. The fourth-order valence-electron chi connectivity index (χ4n) is 2.25. The maximum absolute atomic E-state index is 12.1. The maximum atomic E-state index is 12.1. The van der Waals surface area contributed by atoms with Crippen molar-refractivity contribution in [3.8, 4) is 0 Å². The molecule has 1 aliphatic heterocycles. The van der Waals surface area contributed by atoms with Gasteiger partial charge in [-0.3, -0.25) is 9.59 Å². The third-order valence-electron chi connectivity index (χ3n) is 3.50. The number of hydrogen-bond donors (Lipinski definition) is 0. The highest BCUT2D eigenvalue weighted by atomic mass is 16.2. The molecular formula is C15H20N2O2. The monoisotopic (exact) mass is 260 g/mol. The highest BCUT2D eigenvalue weighted by Gasteiger charge is 2.28. The van der Waals surface area contributed by atoms with Gasteiger partial charge in [-0.2, -0.15) is 0 Å². The Morgan fingerprint density at radius 1 is 1.37 bits per heavy atom. The van der Waals surface area contributed by atoms with E-state index in [1.54, 1.807) is 16.8 Å². The van der Waals surface area contributed by atoms with Gasteiger partial charge in [-0.25, -0.2) is 0 Å². The molecular weight excluding hydrogens is 240 g/mol. The smallest absolute Gasteiger partial charge is 0.254 e. The zero-order chi connectivity index (χ0) is 13.8. The summed E-state index contributed by atoms with van der Waals surface area (Å²) in [7, 11) is 1.80. The molecule has 1 aromatic carbocycles. The number of fused-ring (bicyclic) bond motifs is 1. The molecule has 0 fully saturated rings. The highest BCUT2D eigenvalue weighted by molar-refractivity contribution is 6.00. The summed E-state index contributed by atoms with van der Waals surface area (Å²) in [6.07, 6.45) is 2.06. The second-order valence-electron chi connectivity index (χ2n) is 4.99. The van der Waals surface area contributed by atoms with E-state index in [1.807, 2.05) is 24.3 Å². The number of carbonyl (C=O) groups is 2. The molecule has 2 amide bonds. The van der Waals surface area contributed by atoms with Crippen LogP contribution in [-0.2, 0) is 11.3 Å². The molecule has 4 heteroatoms. The summed E-state index contributed by atoms with van der Waals surface area (Å²) < 4.78 is 0. The number of rotatable bonds is 5. The van der Waals surface area contributed by atoms with Crippen molar-refractivity contribution in [2.45, 2.75) is 26.3 Å². The highest BCUT2D eigenvalue weighted by Crippen LogP contribution is 2.21. The minimum Gasteiger partial charge on any atom is -0.344 e. The normalized spacial score (nSPS) is 13.6. The number of likely N-dealkylation sites (N-methyl/N-ethyl adjacent to an activating group) is 1. The van der Waals surface area contributed by atoms with Gasteiger partial charge < -0.3 is 9.80 Å². The van der Waals surface area contributed by atoms with Gasteiger partial charge in [-0.05, 0) is 18.1 Å². The molecule has 0 radical (unpaired) electrons. The van der Waals surface area contributed by atoms with Crippen LogP contribution in [0.3, 0.4) is 0 Å². The van der Waals surface area contributed by atoms with E-state index in [9.17, 15) is 9.59 Å². The van der Waals surface area contributed by atoms with Crippen molar-refractivity contribution in [3.05, 3.63) is 35.4 Å². The van der Waals surface area contributed by atoms with Crippen LogP contribution in [0.4, 0.5) is 0 Å². The summed E-state index contributed by atoms with van der Waals surface area (Å²) in [4.78, 5) is 27.5. The van der Waals surface area contributed by atoms with Crippen LogP contribution in [0.25, 0.3) is 0 Å². The fourth-order valence-corrected chi connectivity index (χ4v) is 2.25. The van der Waals surface area contributed by atoms with E-state index in [1.165, 1.54) is 0 Å². The number of nitrogens with zero attached hydrogens (tertiary/aromatic N) is 2. The van der Waals surface area contributed by atoms with Crippen molar-refractivity contribution in [3.63, 3.8) is 0 Å². The van der Waals surface area contributed by atoms with Gasteiger partial charge in [0.05, 0.1) is 0 Å². The van der Waals surface area contributed by atoms with Crippen LogP contribution in [-0.4, -0.2) is 41.8 Å². The quantitative estimate of drug-likeness (QED) is 0.811. The van der Waals surface area contributed by atoms with E-state index < -0.39 is 0 Å². The Balaban J connectivity index is 1.95. The third-order valence-corrected chi connectivity index (χ3v) is 3.50. The van der Waals surface area contributed by atoms with Crippen molar-refractivity contribution in [1.82, 2.24) is 9.80 Å². The summed E-state index contributed by atoms with van der Waals surface area (Å²) in [5.41, 5.74) is 1.74. The average molecular weight is 260 g/mol. The SMILES string of the molecule is CCCCN(C)C(=O)CN1Cc2ccccc2C1=O. The summed E-state index contributed by atoms with van der Waals surface area (Å²) in [5.74, 6) is -0.0255. The lowest BCUT2D eigenvalue weighted by Gasteiger charge is -2.21. The molecule has 2 rings (SSSR count). The molecule has 0 aliphatic carbocycles. The molecule has 0 aromatic heterocycles. The summed E-state index contributed by atoms with van der Waals surface area (Å²) in [5, 5.41) is 0. The molecule has 0 spiro atoms. The number of hydrogen-bond acceptors (Lipinski definition) is 2. The molecule has 0 unspecified atom stereocenters. The molecule has 0 bridgehead atoms. The summed E-state index contributed by atoms with van der Waals surface area (Å²) in [6, 6.07) is 7.54. The Morgan fingerprint density at radius 3 is 2.79 bits per heavy atom. The van der Waals surface area contributed by atoms with Gasteiger partial charge in [0, 0.05) is 25.7 Å². The van der Waals surface area contributed by atoms with Crippen LogP contribution >= 0.6 is 0 Å². The minimum atomic E-state index is -0.0344. The lowest BCUT2D eigenvalue weighted by atomic mass is 10.1. The maximum Gasteiger partial charge on any atom is 0.254 e. The Hall–Kier alpha value is -1.84. The predicted octanol–water partition coefficient (Wildman–Crippen LogP) is 1.90. The lowest BCUT2D eigenvalue weighted by Crippen LogP contribution is -2.38. The topological polar surface area (TPSA) is 40.6 Å². The zero-order valence-corrected chi connectivity index (χ0v) is 11.6. The average Bonchev–Trinajstić information content (AvgIpc) is 2.73. The molecule has 19 heavy (non-hydrogen) atoms. The van der Waals surface area contributed by atoms with Crippen molar-refractivity contribution in [2.75, 3.05) is 20.1 Å². The van der Waals surface area contributed by atoms with E-state index in [0.29, 0.717) is 6.54 Å². The van der Waals surface area contributed by atoms with Gasteiger partial charge in [0.2, 0.25) is 5.91 Å². The van der Waals surface area contributed by atoms with Gasteiger partial charge in [0.15, 0.2) is 0 Å². The largest absolute Gasteiger partial charge is 0.344 e. The molecule has 1 heterocycles. The second kappa shape index (κ2) is 5.87. The van der Waals surface area contributed by atoms with E-state index in [0.717, 1.165) is 30.5 Å². The lowest BCUT2D eigenvalue weighted by molar-refractivity contribution is -0.130. The molecule has 1 aromatic rings. The van der Waals surface area contributed by atoms with E-state index >= 15 is 0 Å². The molecule has 0 saturated heterocycles. The zero-order valence-electron chi connectivity index (χ0n) is 11.6. The standard InChI is InChI=1S/C15H20N2O2/c1-3-4-9-16(2)14(18)11-17-10-12-7-5-6-8-13(12)15(17)19/h5-8H,3-4,9-11H2,1-2H3. The molecule has 102 valence electrons. The van der Waals surface area contributed by atoms with Crippen LogP contribution in [0.5, 0.6) is 0 Å². The van der Waals surface area contributed by atoms with Crippen LogP contribution in [0.1, 0.15) is 35.7 Å². The summed E-state index contributed by atoms with van der Waals surface area (Å²) in [6.45, 7) is 3.57.